The Balaban J connectivity index is 0. The maximum absolute atomic E-state index is 6.45. The number of unbranched alkanes of at least 4 members (excludes halogenated alkanes) is 2. The molecule has 0 aliphatic carbocycles. The molecule has 104 valence electrons. The molecule has 0 unspecified atom stereocenters. The van der Waals surface area contributed by atoms with Gasteiger partial charge in [-0.25, -0.2) is 0 Å². The lowest BCUT2D eigenvalue weighted by atomic mass is 10.3. The second-order valence-electron chi connectivity index (χ2n) is 4.14. The summed E-state index contributed by atoms with van der Waals surface area (Å²) in [6.45, 7) is 12.9. The van der Waals surface area contributed by atoms with Crippen LogP contribution >= 0.6 is 11.6 Å². The van der Waals surface area contributed by atoms with E-state index in [9.17, 15) is 0 Å². The van der Waals surface area contributed by atoms with Crippen LogP contribution in [0.5, 0.6) is 0 Å². The lowest BCUT2D eigenvalue weighted by molar-refractivity contribution is -0.531. The van der Waals surface area contributed by atoms with Crippen LogP contribution < -0.4 is 12.4 Å². The van der Waals surface area contributed by atoms with Crippen molar-refractivity contribution in [1.82, 2.24) is 4.90 Å². The van der Waals surface area contributed by atoms with Gasteiger partial charge in [-0.2, -0.15) is 0 Å². The Hall–Kier alpha value is 0.0500. The minimum atomic E-state index is 0. The summed E-state index contributed by atoms with van der Waals surface area (Å²) in [4.78, 5) is 2.23. The van der Waals surface area contributed by atoms with E-state index in [1.165, 1.54) is 25.7 Å². The quantitative estimate of drug-likeness (QED) is 0.273. The van der Waals surface area contributed by atoms with Crippen molar-refractivity contribution in [2.75, 3.05) is 26.2 Å². The fraction of sp³-hybridized carbons (Fsp3) is 0.923. The van der Waals surface area contributed by atoms with Crippen molar-refractivity contribution >= 4 is 16.9 Å². The number of nitrogens with zero attached hydrogens (tertiary/aromatic N) is 2. The van der Waals surface area contributed by atoms with Crippen LogP contribution in [0.2, 0.25) is 0 Å². The highest BCUT2D eigenvalue weighted by Crippen LogP contribution is 2.01. The summed E-state index contributed by atoms with van der Waals surface area (Å²) in [5.74, 6) is 0. The molecule has 0 radical (unpaired) electrons. The molecule has 0 saturated carbocycles. The van der Waals surface area contributed by atoms with Gasteiger partial charge < -0.3 is 12.4 Å². The van der Waals surface area contributed by atoms with Crippen LogP contribution in [0.25, 0.3) is 0 Å². The van der Waals surface area contributed by atoms with Crippen LogP contribution in [0, 0.1) is 0 Å². The Labute approximate surface area is 118 Å². The average Bonchev–Trinajstić information content (AvgIpc) is 2.30. The maximum Gasteiger partial charge on any atom is 0.344 e. The first-order valence-electron chi connectivity index (χ1n) is 6.73. The van der Waals surface area contributed by atoms with E-state index in [0.717, 1.165) is 31.5 Å². The van der Waals surface area contributed by atoms with Gasteiger partial charge in [-0.05, 0) is 26.7 Å². The lowest BCUT2D eigenvalue weighted by Gasteiger charge is -2.16. The molecule has 4 heteroatoms. The van der Waals surface area contributed by atoms with Gasteiger partial charge in [0.05, 0.1) is 26.2 Å². The number of halogens is 2. The molecule has 0 fully saturated rings. The van der Waals surface area contributed by atoms with Gasteiger partial charge in [-0.3, -0.25) is 9.48 Å². The Morgan fingerprint density at radius 2 is 1.35 bits per heavy atom. The Morgan fingerprint density at radius 3 is 1.65 bits per heavy atom. The fourth-order valence-electron chi connectivity index (χ4n) is 1.68. The molecule has 0 aliphatic rings. The Morgan fingerprint density at radius 1 is 0.941 bits per heavy atom. The van der Waals surface area contributed by atoms with E-state index >= 15 is 0 Å². The van der Waals surface area contributed by atoms with Gasteiger partial charge in [0.1, 0.15) is 0 Å². The van der Waals surface area contributed by atoms with Crippen molar-refractivity contribution in [2.24, 2.45) is 0 Å². The molecule has 0 bridgehead atoms. The zero-order valence-corrected chi connectivity index (χ0v) is 13.3. The minimum absolute atomic E-state index is 0. The van der Waals surface area contributed by atoms with Crippen LogP contribution in [0.1, 0.15) is 53.4 Å². The third-order valence-electron chi connectivity index (χ3n) is 2.85. The smallest absolute Gasteiger partial charge is 0.344 e. The van der Waals surface area contributed by atoms with Gasteiger partial charge in [0.2, 0.25) is 0 Å². The van der Waals surface area contributed by atoms with Crippen molar-refractivity contribution in [1.29, 1.82) is 0 Å². The predicted molar refractivity (Wildman–Crippen MR) is 73.6 cm³/mol. The van der Waals surface area contributed by atoms with E-state index in [0.29, 0.717) is 0 Å². The average molecular weight is 283 g/mol. The van der Waals surface area contributed by atoms with Crippen LogP contribution in [-0.2, 0) is 0 Å². The van der Waals surface area contributed by atoms with E-state index in [-0.39, 0.29) is 12.4 Å². The molecule has 0 saturated heterocycles. The van der Waals surface area contributed by atoms with Crippen molar-refractivity contribution in [3.8, 4) is 0 Å². The molecule has 0 rings (SSSR count). The SMILES string of the molecule is CCCC[N+](CCCC)=C(Cl)N(CC)CC.[Cl-]. The molecule has 0 spiro atoms. The van der Waals surface area contributed by atoms with E-state index in [2.05, 4.69) is 37.2 Å². The van der Waals surface area contributed by atoms with Crippen molar-refractivity contribution in [2.45, 2.75) is 53.4 Å². The molecule has 0 heterocycles. The summed E-state index contributed by atoms with van der Waals surface area (Å²) in [6.07, 6.45) is 4.90. The molecular weight excluding hydrogens is 255 g/mol. The lowest BCUT2D eigenvalue weighted by Crippen LogP contribution is -3.00. The summed E-state index contributed by atoms with van der Waals surface area (Å²) in [6, 6.07) is 0. The first-order chi connectivity index (χ1) is 7.71. The monoisotopic (exact) mass is 282 g/mol. The molecule has 0 atom stereocenters. The van der Waals surface area contributed by atoms with Gasteiger partial charge in [-0.1, -0.05) is 26.7 Å². The third-order valence-corrected chi connectivity index (χ3v) is 3.33. The highest BCUT2D eigenvalue weighted by molar-refractivity contribution is 6.63. The standard InChI is InChI=1S/C13H28ClN2.ClH/c1-5-9-11-16(12-10-6-2)13(14)15(7-3)8-4;/h5-12H2,1-4H3;1H/q+1;/p-1. The molecule has 0 N–H and O–H groups in total. The summed E-state index contributed by atoms with van der Waals surface area (Å²) in [5, 5.41) is 0.937. The summed E-state index contributed by atoms with van der Waals surface area (Å²) in [5.41, 5.74) is 0. The second kappa shape index (κ2) is 12.5. The highest BCUT2D eigenvalue weighted by atomic mass is 35.5. The van der Waals surface area contributed by atoms with Crippen LogP contribution in [0.4, 0.5) is 0 Å². The van der Waals surface area contributed by atoms with E-state index in [4.69, 9.17) is 11.6 Å². The molecule has 0 aliphatic heterocycles. The maximum atomic E-state index is 6.45. The molecule has 0 amide bonds. The first-order valence-corrected chi connectivity index (χ1v) is 7.11. The zero-order valence-electron chi connectivity index (χ0n) is 11.8. The predicted octanol–water partition coefficient (Wildman–Crippen LogP) is 0.540. The summed E-state index contributed by atoms with van der Waals surface area (Å²) in [7, 11) is 0. The minimum Gasteiger partial charge on any atom is -1.00 e. The normalized spacial score (nSPS) is 9.71. The topological polar surface area (TPSA) is 6.25 Å². The molecule has 0 aromatic carbocycles. The number of hydrogen-bond acceptors (Lipinski definition) is 0. The Bertz CT molecular complexity index is 192. The van der Waals surface area contributed by atoms with Gasteiger partial charge in [0.25, 0.3) is 0 Å². The number of rotatable bonds is 8. The van der Waals surface area contributed by atoms with Gasteiger partial charge in [0, 0.05) is 11.6 Å². The molecule has 17 heavy (non-hydrogen) atoms. The van der Waals surface area contributed by atoms with Gasteiger partial charge in [-0.15, -0.1) is 0 Å². The second-order valence-corrected chi connectivity index (χ2v) is 4.47. The largest absolute Gasteiger partial charge is 1.00 e. The van der Waals surface area contributed by atoms with Crippen molar-refractivity contribution in [3.05, 3.63) is 0 Å². The molecule has 0 aromatic rings. The third kappa shape index (κ3) is 7.88. The van der Waals surface area contributed by atoms with Crippen LogP contribution in [0.3, 0.4) is 0 Å². The van der Waals surface area contributed by atoms with E-state index in [1.54, 1.807) is 0 Å². The number of amidine groups is 1. The summed E-state index contributed by atoms with van der Waals surface area (Å²) >= 11 is 6.45. The fourth-order valence-corrected chi connectivity index (χ4v) is 2.09. The van der Waals surface area contributed by atoms with Crippen LogP contribution in [-0.4, -0.2) is 40.9 Å². The van der Waals surface area contributed by atoms with Crippen molar-refractivity contribution in [3.63, 3.8) is 0 Å². The van der Waals surface area contributed by atoms with E-state index < -0.39 is 0 Å². The number of hydrogen-bond donors (Lipinski definition) is 0. The Kier molecular flexibility index (Phi) is 14.3. The van der Waals surface area contributed by atoms with Crippen LogP contribution in [0.15, 0.2) is 0 Å². The molecular formula is C13H28Cl2N2. The zero-order chi connectivity index (χ0) is 12.4. The van der Waals surface area contributed by atoms with Gasteiger partial charge >= 0.3 is 5.29 Å². The first kappa shape index (κ1) is 19.4. The molecule has 0 aromatic heterocycles. The molecule has 2 nitrogen and oxygen atoms in total. The highest BCUT2D eigenvalue weighted by Gasteiger charge is 2.16. The van der Waals surface area contributed by atoms with Crippen molar-refractivity contribution < 1.29 is 17.0 Å². The van der Waals surface area contributed by atoms with E-state index in [1.807, 2.05) is 0 Å². The van der Waals surface area contributed by atoms with Gasteiger partial charge in [0.15, 0.2) is 0 Å². The summed E-state index contributed by atoms with van der Waals surface area (Å²) < 4.78 is 2.33.